The fraction of sp³-hybridized carbons (Fsp3) is 0.267. The van der Waals surface area contributed by atoms with Gasteiger partial charge in [0.05, 0.1) is 0 Å². The molecule has 0 aliphatic heterocycles. The van der Waals surface area contributed by atoms with E-state index in [0.29, 0.717) is 17.4 Å². The van der Waals surface area contributed by atoms with E-state index in [9.17, 15) is 8.78 Å². The van der Waals surface area contributed by atoms with Crippen molar-refractivity contribution in [1.82, 2.24) is 10.3 Å². The third kappa shape index (κ3) is 3.61. The van der Waals surface area contributed by atoms with Crippen LogP contribution in [0.15, 0.2) is 41.1 Å². The van der Waals surface area contributed by atoms with Gasteiger partial charge in [0, 0.05) is 28.5 Å². The van der Waals surface area contributed by atoms with Gasteiger partial charge < -0.3 is 5.32 Å². The van der Waals surface area contributed by atoms with Crippen molar-refractivity contribution in [2.75, 3.05) is 6.54 Å². The number of nitrogens with one attached hydrogen (secondary N) is 1. The lowest BCUT2D eigenvalue weighted by molar-refractivity contribution is 0.472. The zero-order chi connectivity index (χ0) is 14.5. The van der Waals surface area contributed by atoms with Gasteiger partial charge in [-0.3, -0.25) is 4.98 Å². The molecular weight excluding hydrogens is 326 g/mol. The average Bonchev–Trinajstić information content (AvgIpc) is 2.39. The smallest absolute Gasteiger partial charge is 0.132 e. The van der Waals surface area contributed by atoms with Gasteiger partial charge in [0.1, 0.15) is 11.6 Å². The van der Waals surface area contributed by atoms with Gasteiger partial charge >= 0.3 is 0 Å². The van der Waals surface area contributed by atoms with Gasteiger partial charge in [-0.05, 0) is 36.7 Å². The Morgan fingerprint density at radius 2 is 2.00 bits per heavy atom. The summed E-state index contributed by atoms with van der Waals surface area (Å²) in [5.41, 5.74) is 0.999. The first kappa shape index (κ1) is 15.1. The maximum atomic E-state index is 14.1. The molecule has 2 aromatic rings. The lowest BCUT2D eigenvalue weighted by Gasteiger charge is -2.20. The summed E-state index contributed by atoms with van der Waals surface area (Å²) in [5, 5.41) is 3.13. The SMILES string of the molecule is CCNC(Cc1cccnc1)c1c(F)cc(Br)cc1F. The minimum absolute atomic E-state index is 0.0684. The van der Waals surface area contributed by atoms with Crippen molar-refractivity contribution in [3.63, 3.8) is 0 Å². The number of hydrogen-bond donors (Lipinski definition) is 1. The van der Waals surface area contributed by atoms with E-state index in [1.165, 1.54) is 12.1 Å². The minimum Gasteiger partial charge on any atom is -0.310 e. The molecule has 0 saturated heterocycles. The van der Waals surface area contributed by atoms with Crippen LogP contribution < -0.4 is 5.32 Å². The lowest BCUT2D eigenvalue weighted by atomic mass is 9.98. The minimum atomic E-state index is -0.549. The second-order valence-corrected chi connectivity index (χ2v) is 5.37. The number of aromatic nitrogens is 1. The Balaban J connectivity index is 2.34. The van der Waals surface area contributed by atoms with Crippen molar-refractivity contribution in [2.45, 2.75) is 19.4 Å². The van der Waals surface area contributed by atoms with Crippen molar-refractivity contribution >= 4 is 15.9 Å². The molecule has 1 N–H and O–H groups in total. The standard InChI is InChI=1S/C15H15BrF2N2/c1-2-20-14(6-10-4-3-5-19-9-10)15-12(17)7-11(16)8-13(15)18/h3-5,7-9,14,20H,2,6H2,1H3. The molecule has 2 nitrogen and oxygen atoms in total. The molecule has 0 amide bonds. The second kappa shape index (κ2) is 6.90. The summed E-state index contributed by atoms with van der Waals surface area (Å²) in [6.45, 7) is 2.53. The Morgan fingerprint density at radius 1 is 1.30 bits per heavy atom. The highest BCUT2D eigenvalue weighted by molar-refractivity contribution is 9.10. The summed E-state index contributed by atoms with van der Waals surface area (Å²) in [7, 11) is 0. The van der Waals surface area contributed by atoms with Gasteiger partial charge in [0.25, 0.3) is 0 Å². The first-order valence-corrected chi connectivity index (χ1v) is 7.17. The molecule has 0 radical (unpaired) electrons. The van der Waals surface area contributed by atoms with E-state index in [4.69, 9.17) is 0 Å². The third-order valence-electron chi connectivity index (χ3n) is 3.01. The van der Waals surface area contributed by atoms with Crippen LogP contribution in [-0.2, 0) is 6.42 Å². The summed E-state index contributed by atoms with van der Waals surface area (Å²) < 4.78 is 28.5. The zero-order valence-electron chi connectivity index (χ0n) is 11.0. The van der Waals surface area contributed by atoms with Crippen LogP contribution in [0.25, 0.3) is 0 Å². The maximum absolute atomic E-state index is 14.1. The van der Waals surface area contributed by atoms with Gasteiger partial charge in [-0.25, -0.2) is 8.78 Å². The third-order valence-corrected chi connectivity index (χ3v) is 3.46. The molecule has 1 unspecified atom stereocenters. The van der Waals surface area contributed by atoms with Crippen molar-refractivity contribution in [2.24, 2.45) is 0 Å². The lowest BCUT2D eigenvalue weighted by Crippen LogP contribution is -2.25. The van der Waals surface area contributed by atoms with E-state index < -0.39 is 17.7 Å². The van der Waals surface area contributed by atoms with Crippen molar-refractivity contribution in [3.8, 4) is 0 Å². The van der Waals surface area contributed by atoms with Crippen LogP contribution in [0, 0.1) is 11.6 Å². The molecule has 0 aliphatic rings. The number of halogens is 3. The van der Waals surface area contributed by atoms with Gasteiger partial charge in [0.2, 0.25) is 0 Å². The van der Waals surface area contributed by atoms with Gasteiger partial charge in [0.15, 0.2) is 0 Å². The van der Waals surface area contributed by atoms with Crippen LogP contribution in [0.5, 0.6) is 0 Å². The molecule has 0 aliphatic carbocycles. The predicted molar refractivity (Wildman–Crippen MR) is 78.4 cm³/mol. The Bertz CT molecular complexity index is 552. The highest BCUT2D eigenvalue weighted by Crippen LogP contribution is 2.27. The van der Waals surface area contributed by atoms with Gasteiger partial charge in [-0.2, -0.15) is 0 Å². The van der Waals surface area contributed by atoms with Gasteiger partial charge in [-0.15, -0.1) is 0 Å². The Labute approximate surface area is 125 Å². The van der Waals surface area contributed by atoms with E-state index in [0.717, 1.165) is 5.56 Å². The monoisotopic (exact) mass is 340 g/mol. The molecule has 2 rings (SSSR count). The summed E-state index contributed by atoms with van der Waals surface area (Å²) in [4.78, 5) is 4.03. The Morgan fingerprint density at radius 3 is 2.55 bits per heavy atom. The van der Waals surface area contributed by atoms with Crippen molar-refractivity contribution in [3.05, 3.63) is 63.9 Å². The van der Waals surface area contributed by atoms with E-state index in [2.05, 4.69) is 26.2 Å². The molecule has 0 bridgehead atoms. The summed E-state index contributed by atoms with van der Waals surface area (Å²) in [6, 6.07) is 5.86. The number of likely N-dealkylation sites (N-methyl/N-ethyl adjacent to an activating group) is 1. The molecule has 1 atom stereocenters. The fourth-order valence-electron chi connectivity index (χ4n) is 2.16. The van der Waals surface area contributed by atoms with Crippen LogP contribution in [0.3, 0.4) is 0 Å². The first-order valence-electron chi connectivity index (χ1n) is 6.38. The summed E-state index contributed by atoms with van der Waals surface area (Å²) >= 11 is 3.09. The molecule has 20 heavy (non-hydrogen) atoms. The second-order valence-electron chi connectivity index (χ2n) is 4.46. The van der Waals surface area contributed by atoms with Crippen LogP contribution in [0.1, 0.15) is 24.1 Å². The van der Waals surface area contributed by atoms with E-state index in [-0.39, 0.29) is 5.56 Å². The molecule has 1 aromatic heterocycles. The largest absolute Gasteiger partial charge is 0.310 e. The van der Waals surface area contributed by atoms with E-state index in [1.807, 2.05) is 19.1 Å². The normalized spacial score (nSPS) is 12.4. The molecule has 1 heterocycles. The quantitative estimate of drug-likeness (QED) is 0.889. The highest BCUT2D eigenvalue weighted by atomic mass is 79.9. The number of pyridine rings is 1. The molecule has 106 valence electrons. The molecular formula is C15H15BrF2N2. The molecule has 5 heteroatoms. The van der Waals surface area contributed by atoms with Crippen LogP contribution in [0.2, 0.25) is 0 Å². The number of hydrogen-bond acceptors (Lipinski definition) is 2. The van der Waals surface area contributed by atoms with Crippen LogP contribution in [0.4, 0.5) is 8.78 Å². The topological polar surface area (TPSA) is 24.9 Å². The van der Waals surface area contributed by atoms with Crippen molar-refractivity contribution < 1.29 is 8.78 Å². The number of rotatable bonds is 5. The Hall–Kier alpha value is -1.33. The number of nitrogens with zero attached hydrogens (tertiary/aromatic N) is 1. The van der Waals surface area contributed by atoms with Gasteiger partial charge in [-0.1, -0.05) is 28.9 Å². The summed E-state index contributed by atoms with van der Waals surface area (Å²) in [5.74, 6) is -1.10. The maximum Gasteiger partial charge on any atom is 0.132 e. The highest BCUT2D eigenvalue weighted by Gasteiger charge is 2.20. The number of benzene rings is 1. The molecule has 0 saturated carbocycles. The molecule has 0 fully saturated rings. The van der Waals surface area contributed by atoms with E-state index in [1.54, 1.807) is 12.4 Å². The van der Waals surface area contributed by atoms with Crippen LogP contribution >= 0.6 is 15.9 Å². The molecule has 0 spiro atoms. The zero-order valence-corrected chi connectivity index (χ0v) is 12.6. The van der Waals surface area contributed by atoms with Crippen LogP contribution in [-0.4, -0.2) is 11.5 Å². The van der Waals surface area contributed by atoms with E-state index >= 15 is 0 Å². The fourth-order valence-corrected chi connectivity index (χ4v) is 2.57. The predicted octanol–water partition coefficient (Wildman–Crippen LogP) is 4.02. The summed E-state index contributed by atoms with van der Waals surface area (Å²) in [6.07, 6.45) is 3.86. The average molecular weight is 341 g/mol. The first-order chi connectivity index (χ1) is 9.61. The Kier molecular flexibility index (Phi) is 5.20. The van der Waals surface area contributed by atoms with Crippen molar-refractivity contribution in [1.29, 1.82) is 0 Å². The molecule has 1 aromatic carbocycles.